The quantitative estimate of drug-likeness (QED) is 0.872. The van der Waals surface area contributed by atoms with Crippen molar-refractivity contribution in [1.82, 2.24) is 19.4 Å². The van der Waals surface area contributed by atoms with Gasteiger partial charge in [0.05, 0.1) is 12.2 Å². The lowest BCUT2D eigenvalue weighted by Crippen LogP contribution is -2.27. The van der Waals surface area contributed by atoms with Crippen LogP contribution in [0.2, 0.25) is 0 Å². The van der Waals surface area contributed by atoms with Crippen LogP contribution in [0.5, 0.6) is 0 Å². The normalized spacial score (nSPS) is 16.9. The van der Waals surface area contributed by atoms with Crippen molar-refractivity contribution in [3.8, 4) is 0 Å². The molecular formula is C18H22N4O. The Morgan fingerprint density at radius 3 is 2.91 bits per heavy atom. The van der Waals surface area contributed by atoms with Gasteiger partial charge in [-0.15, -0.1) is 0 Å². The molecule has 2 aliphatic rings. The second-order valence-electron chi connectivity index (χ2n) is 7.05. The Kier molecular flexibility index (Phi) is 3.43. The Bertz CT molecular complexity index is 745. The van der Waals surface area contributed by atoms with Gasteiger partial charge in [-0.2, -0.15) is 0 Å². The second-order valence-corrected chi connectivity index (χ2v) is 7.05. The predicted octanol–water partition coefficient (Wildman–Crippen LogP) is 2.97. The SMILES string of the molecule is CC(C)Cc1ncc2c(n1)CN(C(=O)c1cccn1C1CC1)C2. The van der Waals surface area contributed by atoms with E-state index in [4.69, 9.17) is 0 Å². The van der Waals surface area contributed by atoms with Crippen LogP contribution in [0.25, 0.3) is 0 Å². The molecule has 4 rings (SSSR count). The first-order valence-corrected chi connectivity index (χ1v) is 8.41. The highest BCUT2D eigenvalue weighted by Crippen LogP contribution is 2.36. The maximum Gasteiger partial charge on any atom is 0.271 e. The molecule has 120 valence electrons. The average Bonchev–Trinajstić information content (AvgIpc) is 3.09. The second kappa shape index (κ2) is 5.48. The summed E-state index contributed by atoms with van der Waals surface area (Å²) in [5, 5.41) is 0. The summed E-state index contributed by atoms with van der Waals surface area (Å²) in [7, 11) is 0. The van der Waals surface area contributed by atoms with E-state index in [0.29, 0.717) is 25.0 Å². The fourth-order valence-corrected chi connectivity index (χ4v) is 3.21. The summed E-state index contributed by atoms with van der Waals surface area (Å²) in [5.41, 5.74) is 2.89. The number of hydrogen-bond donors (Lipinski definition) is 0. The van der Waals surface area contributed by atoms with Crippen LogP contribution >= 0.6 is 0 Å². The number of hydrogen-bond acceptors (Lipinski definition) is 3. The minimum atomic E-state index is 0.102. The minimum Gasteiger partial charge on any atom is -0.340 e. The molecule has 2 aromatic heterocycles. The number of carbonyl (C=O) groups is 1. The molecule has 0 bridgehead atoms. The standard InChI is InChI=1S/C18H22N4O/c1-12(2)8-17-19-9-13-10-21(11-15(13)20-17)18(23)16-4-3-7-22(16)14-5-6-14/h3-4,7,9,12,14H,5-6,8,10-11H2,1-2H3. The van der Waals surface area contributed by atoms with Crippen molar-refractivity contribution in [2.75, 3.05) is 0 Å². The summed E-state index contributed by atoms with van der Waals surface area (Å²) in [5.74, 6) is 1.52. The highest BCUT2D eigenvalue weighted by atomic mass is 16.2. The van der Waals surface area contributed by atoms with Crippen molar-refractivity contribution in [3.63, 3.8) is 0 Å². The molecule has 1 aliphatic heterocycles. The van der Waals surface area contributed by atoms with Gasteiger partial charge in [0.25, 0.3) is 5.91 Å². The van der Waals surface area contributed by atoms with Crippen molar-refractivity contribution in [3.05, 3.63) is 47.3 Å². The summed E-state index contributed by atoms with van der Waals surface area (Å²) in [4.78, 5) is 23.8. The van der Waals surface area contributed by atoms with Crippen LogP contribution < -0.4 is 0 Å². The predicted molar refractivity (Wildman–Crippen MR) is 86.9 cm³/mol. The van der Waals surface area contributed by atoms with Crippen LogP contribution in [-0.4, -0.2) is 25.3 Å². The maximum absolute atomic E-state index is 12.8. The van der Waals surface area contributed by atoms with Gasteiger partial charge in [-0.1, -0.05) is 13.8 Å². The van der Waals surface area contributed by atoms with E-state index in [-0.39, 0.29) is 5.91 Å². The molecule has 5 heteroatoms. The Labute approximate surface area is 136 Å². The molecule has 3 heterocycles. The first-order valence-electron chi connectivity index (χ1n) is 8.41. The summed E-state index contributed by atoms with van der Waals surface area (Å²) in [6.45, 7) is 5.54. The van der Waals surface area contributed by atoms with Crippen LogP contribution in [0.1, 0.15) is 60.3 Å². The highest BCUT2D eigenvalue weighted by molar-refractivity contribution is 5.93. The molecule has 2 aromatic rings. The molecule has 0 radical (unpaired) electrons. The van der Waals surface area contributed by atoms with Crippen LogP contribution in [0.3, 0.4) is 0 Å². The van der Waals surface area contributed by atoms with Gasteiger partial charge in [0.1, 0.15) is 11.5 Å². The van der Waals surface area contributed by atoms with Crippen molar-refractivity contribution in [2.24, 2.45) is 5.92 Å². The number of rotatable bonds is 4. The van der Waals surface area contributed by atoms with Gasteiger partial charge in [-0.05, 0) is 30.9 Å². The molecule has 1 aliphatic carbocycles. The van der Waals surface area contributed by atoms with Crippen molar-refractivity contribution < 1.29 is 4.79 Å². The molecule has 1 amide bonds. The summed E-state index contributed by atoms with van der Waals surface area (Å²) in [6.07, 6.45) is 7.16. The molecule has 5 nitrogen and oxygen atoms in total. The Morgan fingerprint density at radius 1 is 1.35 bits per heavy atom. The van der Waals surface area contributed by atoms with Crippen LogP contribution in [0.4, 0.5) is 0 Å². The lowest BCUT2D eigenvalue weighted by Gasteiger charge is -2.16. The molecule has 1 saturated carbocycles. The van der Waals surface area contributed by atoms with E-state index in [1.807, 2.05) is 29.4 Å². The smallest absolute Gasteiger partial charge is 0.271 e. The molecule has 0 aromatic carbocycles. The topological polar surface area (TPSA) is 51.0 Å². The van der Waals surface area contributed by atoms with Gasteiger partial charge in [0.2, 0.25) is 0 Å². The van der Waals surface area contributed by atoms with E-state index < -0.39 is 0 Å². The number of nitrogens with zero attached hydrogens (tertiary/aromatic N) is 4. The first kappa shape index (κ1) is 14.4. The number of amides is 1. The average molecular weight is 310 g/mol. The molecular weight excluding hydrogens is 288 g/mol. The highest BCUT2D eigenvalue weighted by Gasteiger charge is 2.31. The maximum atomic E-state index is 12.8. The monoisotopic (exact) mass is 310 g/mol. The van der Waals surface area contributed by atoms with E-state index in [1.165, 1.54) is 12.8 Å². The zero-order valence-corrected chi connectivity index (χ0v) is 13.7. The first-order chi connectivity index (χ1) is 11.1. The van der Waals surface area contributed by atoms with Crippen LogP contribution in [0, 0.1) is 5.92 Å². The van der Waals surface area contributed by atoms with Gasteiger partial charge in [-0.3, -0.25) is 4.79 Å². The van der Waals surface area contributed by atoms with Crippen LogP contribution in [0.15, 0.2) is 24.5 Å². The Morgan fingerprint density at radius 2 is 2.17 bits per heavy atom. The molecule has 0 N–H and O–H groups in total. The van der Waals surface area contributed by atoms with Gasteiger partial charge in [0.15, 0.2) is 0 Å². The zero-order valence-electron chi connectivity index (χ0n) is 13.7. The third-order valence-corrected chi connectivity index (χ3v) is 4.52. The molecule has 0 unspecified atom stereocenters. The number of carbonyl (C=O) groups excluding carboxylic acids is 1. The lowest BCUT2D eigenvalue weighted by atomic mass is 10.1. The largest absolute Gasteiger partial charge is 0.340 e. The van der Waals surface area contributed by atoms with E-state index in [9.17, 15) is 4.79 Å². The van der Waals surface area contributed by atoms with Crippen molar-refractivity contribution >= 4 is 5.91 Å². The third kappa shape index (κ3) is 2.76. The van der Waals surface area contributed by atoms with Gasteiger partial charge < -0.3 is 9.47 Å². The van der Waals surface area contributed by atoms with Crippen LogP contribution in [-0.2, 0) is 19.5 Å². The molecule has 1 fully saturated rings. The summed E-state index contributed by atoms with van der Waals surface area (Å²) >= 11 is 0. The van der Waals surface area contributed by atoms with E-state index in [2.05, 4.69) is 28.4 Å². The fraction of sp³-hybridized carbons (Fsp3) is 0.500. The van der Waals surface area contributed by atoms with E-state index >= 15 is 0 Å². The summed E-state index contributed by atoms with van der Waals surface area (Å²) in [6, 6.07) is 4.42. The van der Waals surface area contributed by atoms with Gasteiger partial charge >= 0.3 is 0 Å². The van der Waals surface area contributed by atoms with Gasteiger partial charge in [-0.25, -0.2) is 9.97 Å². The van der Waals surface area contributed by atoms with E-state index in [1.54, 1.807) is 0 Å². The molecule has 0 saturated heterocycles. The molecule has 0 spiro atoms. The lowest BCUT2D eigenvalue weighted by molar-refractivity contribution is 0.0739. The molecule has 0 atom stereocenters. The Balaban J connectivity index is 1.53. The van der Waals surface area contributed by atoms with Crippen molar-refractivity contribution in [1.29, 1.82) is 0 Å². The third-order valence-electron chi connectivity index (χ3n) is 4.52. The summed E-state index contributed by atoms with van der Waals surface area (Å²) < 4.78 is 2.13. The molecule has 23 heavy (non-hydrogen) atoms. The Hall–Kier alpha value is -2.17. The zero-order chi connectivity index (χ0) is 16.0. The number of aromatic nitrogens is 3. The minimum absolute atomic E-state index is 0.102. The van der Waals surface area contributed by atoms with Crippen molar-refractivity contribution in [2.45, 2.75) is 52.2 Å². The number of fused-ring (bicyclic) bond motifs is 1. The van der Waals surface area contributed by atoms with Gasteiger partial charge in [0, 0.05) is 37.0 Å². The van der Waals surface area contributed by atoms with E-state index in [0.717, 1.165) is 29.2 Å². The fourth-order valence-electron chi connectivity index (χ4n) is 3.21.